The second-order valence-electron chi connectivity index (χ2n) is 7.35. The van der Waals surface area contributed by atoms with Crippen molar-refractivity contribution in [2.75, 3.05) is 20.6 Å². The first-order chi connectivity index (χ1) is 11.2. The molecule has 1 fully saturated rings. The summed E-state index contributed by atoms with van der Waals surface area (Å²) in [5.41, 5.74) is 1.11. The smallest absolute Gasteiger partial charge is 0.240 e. The Kier molecular flexibility index (Phi) is 8.18. The van der Waals surface area contributed by atoms with Gasteiger partial charge in [0.15, 0.2) is 5.96 Å². The van der Waals surface area contributed by atoms with Gasteiger partial charge in [-0.25, -0.2) is 0 Å². The van der Waals surface area contributed by atoms with Gasteiger partial charge in [0.25, 0.3) is 0 Å². The van der Waals surface area contributed by atoms with Crippen LogP contribution in [0.1, 0.15) is 38.7 Å². The molecule has 2 atom stereocenters. The van der Waals surface area contributed by atoms with E-state index >= 15 is 0 Å². The Labute approximate surface area is 176 Å². The average molecular weight is 523 g/mol. The van der Waals surface area contributed by atoms with Gasteiger partial charge in [-0.05, 0) is 44.9 Å². The van der Waals surface area contributed by atoms with E-state index in [4.69, 9.17) is 0 Å². The van der Waals surface area contributed by atoms with Crippen molar-refractivity contribution in [1.82, 2.24) is 15.5 Å². The van der Waals surface area contributed by atoms with Gasteiger partial charge in [-0.15, -0.1) is 24.0 Å². The van der Waals surface area contributed by atoms with Gasteiger partial charge in [-0.1, -0.05) is 28.1 Å². The second kappa shape index (κ2) is 9.21. The molecule has 1 amide bonds. The van der Waals surface area contributed by atoms with Gasteiger partial charge in [0.2, 0.25) is 5.91 Å². The SMILES string of the molecule is CN=C(NC1CC1c1ccc(Br)cc1)N(C)CC(=O)NC(C)(C)C.I. The monoisotopic (exact) mass is 522 g/mol. The molecule has 7 heteroatoms. The minimum atomic E-state index is -0.224. The molecule has 0 aromatic heterocycles. The van der Waals surface area contributed by atoms with Crippen molar-refractivity contribution in [2.45, 2.75) is 44.7 Å². The van der Waals surface area contributed by atoms with Crippen molar-refractivity contribution in [3.05, 3.63) is 34.3 Å². The largest absolute Gasteiger partial charge is 0.353 e. The maximum Gasteiger partial charge on any atom is 0.240 e. The van der Waals surface area contributed by atoms with E-state index in [9.17, 15) is 4.79 Å². The number of nitrogens with zero attached hydrogens (tertiary/aromatic N) is 2. The van der Waals surface area contributed by atoms with Crippen LogP contribution in [-0.4, -0.2) is 49.0 Å². The van der Waals surface area contributed by atoms with Gasteiger partial charge in [0.05, 0.1) is 6.54 Å². The van der Waals surface area contributed by atoms with Crippen molar-refractivity contribution in [3.63, 3.8) is 0 Å². The maximum atomic E-state index is 12.1. The average Bonchev–Trinajstić information content (AvgIpc) is 3.22. The molecule has 1 aromatic carbocycles. The minimum Gasteiger partial charge on any atom is -0.353 e. The number of hydrogen-bond donors (Lipinski definition) is 2. The van der Waals surface area contributed by atoms with Crippen LogP contribution in [0.4, 0.5) is 0 Å². The van der Waals surface area contributed by atoms with Crippen LogP contribution >= 0.6 is 39.9 Å². The van der Waals surface area contributed by atoms with E-state index in [1.54, 1.807) is 7.05 Å². The van der Waals surface area contributed by atoms with E-state index in [1.165, 1.54) is 5.56 Å². The minimum absolute atomic E-state index is 0. The molecule has 1 saturated carbocycles. The molecule has 0 bridgehead atoms. The van der Waals surface area contributed by atoms with Crippen molar-refractivity contribution in [3.8, 4) is 0 Å². The molecule has 140 valence electrons. The van der Waals surface area contributed by atoms with Crippen LogP contribution in [-0.2, 0) is 4.79 Å². The summed E-state index contributed by atoms with van der Waals surface area (Å²) in [6.45, 7) is 6.22. The van der Waals surface area contributed by atoms with Gasteiger partial charge in [-0.3, -0.25) is 9.79 Å². The van der Waals surface area contributed by atoms with E-state index in [-0.39, 0.29) is 42.0 Å². The third-order valence-corrected chi connectivity index (χ3v) is 4.40. The second-order valence-corrected chi connectivity index (χ2v) is 8.26. The number of halogens is 2. The molecule has 0 heterocycles. The van der Waals surface area contributed by atoms with Crippen LogP contribution in [0.3, 0.4) is 0 Å². The van der Waals surface area contributed by atoms with E-state index in [0.717, 1.165) is 16.9 Å². The number of guanidine groups is 1. The lowest BCUT2D eigenvalue weighted by Gasteiger charge is -2.25. The Balaban J connectivity index is 0.00000312. The first-order valence-corrected chi connectivity index (χ1v) is 9.00. The third kappa shape index (κ3) is 7.13. The molecule has 0 aliphatic heterocycles. The van der Waals surface area contributed by atoms with E-state index in [2.05, 4.69) is 55.8 Å². The lowest BCUT2D eigenvalue weighted by molar-refractivity contribution is -0.122. The van der Waals surface area contributed by atoms with E-state index in [0.29, 0.717) is 12.0 Å². The Hall–Kier alpha value is -0.830. The number of aliphatic imine (C=N–C) groups is 1. The fraction of sp³-hybridized carbons (Fsp3) is 0.556. The molecular weight excluding hydrogens is 495 g/mol. The maximum absolute atomic E-state index is 12.1. The highest BCUT2D eigenvalue weighted by Gasteiger charge is 2.39. The summed E-state index contributed by atoms with van der Waals surface area (Å²) in [6.07, 6.45) is 1.09. The van der Waals surface area contributed by atoms with E-state index in [1.807, 2.05) is 32.7 Å². The molecule has 2 N–H and O–H groups in total. The molecule has 5 nitrogen and oxygen atoms in total. The van der Waals surface area contributed by atoms with Gasteiger partial charge in [0.1, 0.15) is 0 Å². The summed E-state index contributed by atoms with van der Waals surface area (Å²) >= 11 is 3.46. The molecule has 2 rings (SSSR count). The molecule has 0 spiro atoms. The highest BCUT2D eigenvalue weighted by atomic mass is 127. The van der Waals surface area contributed by atoms with Crippen molar-refractivity contribution >= 4 is 51.8 Å². The Morgan fingerprint density at radius 3 is 2.44 bits per heavy atom. The number of likely N-dealkylation sites (N-methyl/N-ethyl adjacent to an activating group) is 1. The van der Waals surface area contributed by atoms with Crippen LogP contribution in [0.2, 0.25) is 0 Å². The quantitative estimate of drug-likeness (QED) is 0.362. The molecule has 1 aliphatic carbocycles. The number of amides is 1. The highest BCUT2D eigenvalue weighted by molar-refractivity contribution is 14.0. The fourth-order valence-corrected chi connectivity index (χ4v) is 2.96. The number of carbonyl (C=O) groups is 1. The fourth-order valence-electron chi connectivity index (χ4n) is 2.69. The van der Waals surface area contributed by atoms with Crippen LogP contribution in [0, 0.1) is 0 Å². The highest BCUT2D eigenvalue weighted by Crippen LogP contribution is 2.41. The van der Waals surface area contributed by atoms with Gasteiger partial charge in [0, 0.05) is 36.1 Å². The summed E-state index contributed by atoms with van der Waals surface area (Å²) < 4.78 is 1.09. The summed E-state index contributed by atoms with van der Waals surface area (Å²) in [4.78, 5) is 18.2. The number of benzene rings is 1. The van der Waals surface area contributed by atoms with Crippen LogP contribution in [0.15, 0.2) is 33.7 Å². The van der Waals surface area contributed by atoms with E-state index < -0.39 is 0 Å². The number of carbonyl (C=O) groups excluding carboxylic acids is 1. The Morgan fingerprint density at radius 1 is 1.32 bits per heavy atom. The van der Waals surface area contributed by atoms with Gasteiger partial charge < -0.3 is 15.5 Å². The lowest BCUT2D eigenvalue weighted by Crippen LogP contribution is -2.49. The van der Waals surface area contributed by atoms with Crippen molar-refractivity contribution in [2.24, 2.45) is 4.99 Å². The third-order valence-electron chi connectivity index (χ3n) is 3.87. The zero-order chi connectivity index (χ0) is 17.9. The molecule has 0 saturated heterocycles. The zero-order valence-electron chi connectivity index (χ0n) is 15.5. The molecule has 1 aliphatic rings. The van der Waals surface area contributed by atoms with Crippen LogP contribution < -0.4 is 10.6 Å². The standard InChI is InChI=1S/C18H27BrN4O.HI/c1-18(2,3)22-16(24)11-23(5)17(20-4)21-15-10-14(15)12-6-8-13(19)9-7-12;/h6-9,14-15H,10-11H2,1-5H3,(H,20,21)(H,22,24);1H. The Morgan fingerprint density at radius 2 is 1.92 bits per heavy atom. The van der Waals surface area contributed by atoms with Gasteiger partial charge in [-0.2, -0.15) is 0 Å². The first kappa shape index (κ1) is 22.2. The lowest BCUT2D eigenvalue weighted by atomic mass is 10.1. The van der Waals surface area contributed by atoms with Crippen molar-refractivity contribution < 1.29 is 4.79 Å². The number of nitrogens with one attached hydrogen (secondary N) is 2. The number of hydrogen-bond acceptors (Lipinski definition) is 2. The first-order valence-electron chi connectivity index (χ1n) is 8.20. The molecule has 2 unspecified atom stereocenters. The topological polar surface area (TPSA) is 56.7 Å². The normalized spacial score (nSPS) is 19.7. The van der Waals surface area contributed by atoms with Crippen LogP contribution in [0.25, 0.3) is 0 Å². The molecule has 0 radical (unpaired) electrons. The predicted octanol–water partition coefficient (Wildman–Crippen LogP) is 3.34. The summed E-state index contributed by atoms with van der Waals surface area (Å²) in [5, 5.41) is 6.43. The predicted molar refractivity (Wildman–Crippen MR) is 118 cm³/mol. The summed E-state index contributed by atoms with van der Waals surface area (Å²) in [6, 6.07) is 8.82. The summed E-state index contributed by atoms with van der Waals surface area (Å²) in [5.74, 6) is 1.25. The molecular formula is C18H28BrIN4O. The van der Waals surface area contributed by atoms with Gasteiger partial charge >= 0.3 is 0 Å². The van der Waals surface area contributed by atoms with Crippen LogP contribution in [0.5, 0.6) is 0 Å². The summed E-state index contributed by atoms with van der Waals surface area (Å²) in [7, 11) is 3.63. The van der Waals surface area contributed by atoms with Crippen molar-refractivity contribution in [1.29, 1.82) is 0 Å². The Bertz CT molecular complexity index is 612. The number of rotatable bonds is 4. The molecule has 1 aromatic rings. The zero-order valence-corrected chi connectivity index (χ0v) is 19.4. The molecule has 25 heavy (non-hydrogen) atoms.